The number of rotatable bonds is 34. The Kier molecular flexibility index (Phi) is 32.8. The van der Waals surface area contributed by atoms with Gasteiger partial charge in [-0.15, -0.1) is 0 Å². The van der Waals surface area contributed by atoms with Crippen LogP contribution in [0.15, 0.2) is 60.8 Å². The summed E-state index contributed by atoms with van der Waals surface area (Å²) in [5, 5.41) is 40.0. The molecule has 10 nitrogen and oxygen atoms in total. The zero-order valence-electron chi connectivity index (χ0n) is 34.2. The number of carbonyl (C=O) groups excluding carboxylic acids is 2. The van der Waals surface area contributed by atoms with Crippen LogP contribution in [0.25, 0.3) is 0 Å². The van der Waals surface area contributed by atoms with Crippen LogP contribution in [0.3, 0.4) is 0 Å². The summed E-state index contributed by atoms with van der Waals surface area (Å²) in [6.07, 6.45) is 35.1. The minimum absolute atomic E-state index is 0.216. The van der Waals surface area contributed by atoms with E-state index in [-0.39, 0.29) is 26.1 Å². The summed E-state index contributed by atoms with van der Waals surface area (Å²) >= 11 is 0. The minimum Gasteiger partial charge on any atom is -0.462 e. The van der Waals surface area contributed by atoms with Crippen molar-refractivity contribution in [1.29, 1.82) is 0 Å². The fourth-order valence-corrected chi connectivity index (χ4v) is 5.98. The Morgan fingerprint density at radius 1 is 0.582 bits per heavy atom. The van der Waals surface area contributed by atoms with Crippen LogP contribution in [0.2, 0.25) is 0 Å². The summed E-state index contributed by atoms with van der Waals surface area (Å²) in [6, 6.07) is 0. The van der Waals surface area contributed by atoms with Gasteiger partial charge in [-0.05, 0) is 70.6 Å². The van der Waals surface area contributed by atoms with E-state index in [2.05, 4.69) is 74.6 Å². The highest BCUT2D eigenvalue weighted by Gasteiger charge is 2.44. The summed E-state index contributed by atoms with van der Waals surface area (Å²) in [7, 11) is 0. The van der Waals surface area contributed by atoms with Gasteiger partial charge in [0, 0.05) is 12.8 Å². The van der Waals surface area contributed by atoms with Crippen molar-refractivity contribution in [3.63, 3.8) is 0 Å². The third kappa shape index (κ3) is 27.6. The first kappa shape index (κ1) is 50.4. The van der Waals surface area contributed by atoms with Gasteiger partial charge in [0.1, 0.15) is 31.0 Å². The van der Waals surface area contributed by atoms with Gasteiger partial charge < -0.3 is 39.4 Å². The molecule has 0 aromatic carbocycles. The van der Waals surface area contributed by atoms with E-state index >= 15 is 0 Å². The van der Waals surface area contributed by atoms with E-state index < -0.39 is 55.4 Å². The second-order valence-corrected chi connectivity index (χ2v) is 14.4. The van der Waals surface area contributed by atoms with Crippen LogP contribution in [-0.4, -0.2) is 89.0 Å². The maximum Gasteiger partial charge on any atom is 0.306 e. The van der Waals surface area contributed by atoms with E-state index in [9.17, 15) is 30.0 Å². The van der Waals surface area contributed by atoms with Gasteiger partial charge >= 0.3 is 11.9 Å². The number of aliphatic hydroxyl groups excluding tert-OH is 4. The molecule has 1 aliphatic rings. The Morgan fingerprint density at radius 2 is 1.07 bits per heavy atom. The third-order valence-corrected chi connectivity index (χ3v) is 9.39. The van der Waals surface area contributed by atoms with Crippen LogP contribution in [0.1, 0.15) is 155 Å². The fraction of sp³-hybridized carbons (Fsp3) is 0.733. The van der Waals surface area contributed by atoms with Gasteiger partial charge in [-0.2, -0.15) is 0 Å². The molecule has 10 heteroatoms. The molecule has 0 amide bonds. The molecule has 0 aromatic rings. The van der Waals surface area contributed by atoms with E-state index in [0.29, 0.717) is 12.8 Å². The number of allylic oxidation sites excluding steroid dienone is 10. The van der Waals surface area contributed by atoms with Crippen molar-refractivity contribution in [3.05, 3.63) is 60.8 Å². The standard InChI is InChI=1S/C45H76O10/c1-3-5-7-9-11-13-15-17-19-21-23-25-27-29-31-33-40(47)52-36-38(37-53-45-44(51)43(50)42(49)39(35-46)55-45)54-41(48)34-32-30-28-26-24-22-20-18-16-14-12-10-8-6-4-2/h5,7,10-13,17,19,23,25,38-39,42-46,49-51H,3-4,6,8-9,14-16,18,20-22,24,26-37H2,1-2H3/b7-5+,12-10+,13-11+,19-17+,25-23+/t38-,39-,42+,43?,44?,45-/m0/s1. The molecular formula is C45H76O10. The molecule has 4 N–H and O–H groups in total. The average Bonchev–Trinajstić information content (AvgIpc) is 3.18. The number of hydrogen-bond donors (Lipinski definition) is 4. The highest BCUT2D eigenvalue weighted by Crippen LogP contribution is 2.22. The molecule has 1 fully saturated rings. The molecule has 0 bridgehead atoms. The third-order valence-electron chi connectivity index (χ3n) is 9.39. The number of carbonyl (C=O) groups is 2. The lowest BCUT2D eigenvalue weighted by atomic mass is 9.99. The molecule has 55 heavy (non-hydrogen) atoms. The maximum absolute atomic E-state index is 12.7. The van der Waals surface area contributed by atoms with E-state index in [1.54, 1.807) is 0 Å². The summed E-state index contributed by atoms with van der Waals surface area (Å²) in [6.45, 7) is 3.22. The predicted molar refractivity (Wildman–Crippen MR) is 219 cm³/mol. The van der Waals surface area contributed by atoms with Gasteiger partial charge in [-0.3, -0.25) is 9.59 Å². The predicted octanol–water partition coefficient (Wildman–Crippen LogP) is 8.66. The van der Waals surface area contributed by atoms with Gasteiger partial charge in [0.05, 0.1) is 13.2 Å². The molecule has 2 unspecified atom stereocenters. The Bertz CT molecular complexity index is 1080. The quantitative estimate of drug-likeness (QED) is 0.0284. The number of esters is 2. The molecule has 0 spiro atoms. The molecule has 0 aliphatic carbocycles. The van der Waals surface area contributed by atoms with E-state index in [1.807, 2.05) is 0 Å². The van der Waals surface area contributed by atoms with Crippen LogP contribution in [0.5, 0.6) is 0 Å². The second-order valence-electron chi connectivity index (χ2n) is 14.4. The summed E-state index contributed by atoms with van der Waals surface area (Å²) in [5.41, 5.74) is 0. The largest absolute Gasteiger partial charge is 0.462 e. The molecule has 1 heterocycles. The van der Waals surface area contributed by atoms with Gasteiger partial charge in [0.2, 0.25) is 0 Å². The lowest BCUT2D eigenvalue weighted by Gasteiger charge is -2.39. The summed E-state index contributed by atoms with van der Waals surface area (Å²) in [4.78, 5) is 25.3. The SMILES string of the molecule is CC/C=C/C/C=C/C/C=C/C/C=C/CCCCC(=O)OC[C@@H](CO[C@H]1O[C@@H](CO)[C@@H](O)C(O)C1O)OC(=O)CCCCCCCCCCC/C=C/CCCC. The maximum atomic E-state index is 12.7. The van der Waals surface area contributed by atoms with Gasteiger partial charge in [-0.1, -0.05) is 132 Å². The monoisotopic (exact) mass is 777 g/mol. The Morgan fingerprint density at radius 3 is 1.67 bits per heavy atom. The van der Waals surface area contributed by atoms with Crippen molar-refractivity contribution in [3.8, 4) is 0 Å². The van der Waals surface area contributed by atoms with Crippen LogP contribution in [0, 0.1) is 0 Å². The van der Waals surface area contributed by atoms with E-state index in [1.165, 1.54) is 57.8 Å². The zero-order chi connectivity index (χ0) is 40.2. The molecule has 0 saturated carbocycles. The fourth-order valence-electron chi connectivity index (χ4n) is 5.98. The first-order chi connectivity index (χ1) is 26.8. The van der Waals surface area contributed by atoms with Crippen LogP contribution >= 0.6 is 0 Å². The highest BCUT2D eigenvalue weighted by atomic mass is 16.7. The average molecular weight is 777 g/mol. The van der Waals surface area contributed by atoms with Gasteiger partial charge in [-0.25, -0.2) is 0 Å². The molecule has 6 atom stereocenters. The lowest BCUT2D eigenvalue weighted by Crippen LogP contribution is -2.59. The van der Waals surface area contributed by atoms with Crippen molar-refractivity contribution < 1.29 is 49.0 Å². The Labute approximate surface area is 332 Å². The smallest absolute Gasteiger partial charge is 0.306 e. The van der Waals surface area contributed by atoms with Crippen molar-refractivity contribution in [2.75, 3.05) is 19.8 Å². The molecule has 1 saturated heterocycles. The van der Waals surface area contributed by atoms with Crippen LogP contribution in [-0.2, 0) is 28.5 Å². The first-order valence-corrected chi connectivity index (χ1v) is 21.4. The van der Waals surface area contributed by atoms with Crippen molar-refractivity contribution in [1.82, 2.24) is 0 Å². The molecule has 1 rings (SSSR count). The van der Waals surface area contributed by atoms with Gasteiger partial charge in [0.25, 0.3) is 0 Å². The highest BCUT2D eigenvalue weighted by molar-refractivity contribution is 5.70. The topological polar surface area (TPSA) is 152 Å². The minimum atomic E-state index is -1.60. The van der Waals surface area contributed by atoms with Crippen LogP contribution in [0.4, 0.5) is 0 Å². The summed E-state index contributed by atoms with van der Waals surface area (Å²) < 4.78 is 22.1. The first-order valence-electron chi connectivity index (χ1n) is 21.4. The van der Waals surface area contributed by atoms with E-state index in [0.717, 1.165) is 57.8 Å². The van der Waals surface area contributed by atoms with Crippen molar-refractivity contribution >= 4 is 11.9 Å². The molecule has 0 aromatic heterocycles. The van der Waals surface area contributed by atoms with Crippen molar-refractivity contribution in [2.24, 2.45) is 0 Å². The van der Waals surface area contributed by atoms with Crippen LogP contribution < -0.4 is 0 Å². The zero-order valence-corrected chi connectivity index (χ0v) is 34.2. The van der Waals surface area contributed by atoms with Gasteiger partial charge in [0.15, 0.2) is 12.4 Å². The van der Waals surface area contributed by atoms with E-state index in [4.69, 9.17) is 18.9 Å². The Hall–Kier alpha value is -2.60. The summed E-state index contributed by atoms with van der Waals surface area (Å²) in [5.74, 6) is -0.863. The number of hydrogen-bond acceptors (Lipinski definition) is 10. The molecule has 316 valence electrons. The molecule has 0 radical (unpaired) electrons. The number of ether oxygens (including phenoxy) is 4. The Balaban J connectivity index is 2.39. The number of unbranched alkanes of at least 4 members (excludes halogenated alkanes) is 13. The normalized spacial score (nSPS) is 21.2. The second kappa shape index (κ2) is 35.8. The molecule has 1 aliphatic heterocycles. The molecular weight excluding hydrogens is 700 g/mol. The number of aliphatic hydroxyl groups is 4. The lowest BCUT2D eigenvalue weighted by molar-refractivity contribution is -0.305. The van der Waals surface area contributed by atoms with Crippen molar-refractivity contribution in [2.45, 2.75) is 192 Å².